The fourth-order valence-electron chi connectivity index (χ4n) is 3.17. The monoisotopic (exact) mass is 368 g/mol. The van der Waals surface area contributed by atoms with Gasteiger partial charge in [0.25, 0.3) is 5.91 Å². The van der Waals surface area contributed by atoms with E-state index in [0.717, 1.165) is 11.3 Å². The van der Waals surface area contributed by atoms with Crippen LogP contribution in [0.15, 0.2) is 48.5 Å². The molecule has 2 aromatic rings. The summed E-state index contributed by atoms with van der Waals surface area (Å²) in [5.74, 6) is 1.25. The zero-order valence-corrected chi connectivity index (χ0v) is 15.8. The smallest absolute Gasteiger partial charge is 0.267 e. The third-order valence-electron chi connectivity index (χ3n) is 4.65. The number of carbonyl (C=O) groups is 2. The Labute approximate surface area is 159 Å². The Balaban J connectivity index is 1.65. The van der Waals surface area contributed by atoms with Crippen molar-refractivity contribution in [3.05, 3.63) is 54.1 Å². The first kappa shape index (κ1) is 18.8. The Morgan fingerprint density at radius 3 is 2.67 bits per heavy atom. The van der Waals surface area contributed by atoms with Crippen LogP contribution in [0.3, 0.4) is 0 Å². The number of benzene rings is 2. The molecule has 0 saturated heterocycles. The van der Waals surface area contributed by atoms with Crippen molar-refractivity contribution < 1.29 is 19.1 Å². The molecule has 0 aliphatic carbocycles. The van der Waals surface area contributed by atoms with Gasteiger partial charge >= 0.3 is 0 Å². The van der Waals surface area contributed by atoms with Crippen LogP contribution >= 0.6 is 0 Å². The quantitative estimate of drug-likeness (QED) is 0.787. The number of hydrogen-bond acceptors (Lipinski definition) is 4. The Kier molecular flexibility index (Phi) is 5.64. The highest BCUT2D eigenvalue weighted by atomic mass is 16.5. The Morgan fingerprint density at radius 1 is 1.19 bits per heavy atom. The Bertz CT molecular complexity index is 836. The van der Waals surface area contributed by atoms with Crippen LogP contribution in [0.25, 0.3) is 0 Å². The Hall–Kier alpha value is -3.02. The van der Waals surface area contributed by atoms with E-state index in [2.05, 4.69) is 0 Å². The maximum absolute atomic E-state index is 12.6. The average molecular weight is 368 g/mol. The van der Waals surface area contributed by atoms with Crippen molar-refractivity contribution in [3.8, 4) is 11.5 Å². The van der Waals surface area contributed by atoms with Gasteiger partial charge in [-0.1, -0.05) is 30.3 Å². The fraction of sp³-hybridized carbons (Fsp3) is 0.333. The van der Waals surface area contributed by atoms with Gasteiger partial charge in [0.05, 0.1) is 12.8 Å². The highest BCUT2D eigenvalue weighted by Gasteiger charge is 2.31. The van der Waals surface area contributed by atoms with Crippen LogP contribution in [0.4, 0.5) is 5.69 Å². The number of amides is 2. The van der Waals surface area contributed by atoms with Crippen LogP contribution in [-0.4, -0.2) is 43.5 Å². The molecule has 1 heterocycles. The summed E-state index contributed by atoms with van der Waals surface area (Å²) in [6.07, 6.45) is -0.320. The topological polar surface area (TPSA) is 59.1 Å². The molecule has 0 bridgehead atoms. The van der Waals surface area contributed by atoms with E-state index in [1.807, 2.05) is 48.5 Å². The predicted octanol–water partition coefficient (Wildman–Crippen LogP) is 2.86. The van der Waals surface area contributed by atoms with Crippen LogP contribution in [0.2, 0.25) is 0 Å². The molecule has 6 heteroatoms. The van der Waals surface area contributed by atoms with Crippen LogP contribution in [-0.2, 0) is 16.1 Å². The number of nitrogens with zero attached hydrogens (tertiary/aromatic N) is 2. The zero-order chi connectivity index (χ0) is 19.4. The summed E-state index contributed by atoms with van der Waals surface area (Å²) in [4.78, 5) is 28.4. The number of fused-ring (bicyclic) bond motifs is 1. The molecule has 1 unspecified atom stereocenters. The second kappa shape index (κ2) is 8.12. The van der Waals surface area contributed by atoms with Crippen molar-refractivity contribution >= 4 is 17.5 Å². The van der Waals surface area contributed by atoms with E-state index in [-0.39, 0.29) is 18.2 Å². The summed E-state index contributed by atoms with van der Waals surface area (Å²) in [6.45, 7) is 2.49. The highest BCUT2D eigenvalue weighted by molar-refractivity contribution is 6.00. The van der Waals surface area contributed by atoms with Gasteiger partial charge < -0.3 is 19.3 Å². The molecule has 0 radical (unpaired) electrons. The van der Waals surface area contributed by atoms with E-state index in [4.69, 9.17) is 9.47 Å². The number of anilines is 1. The molecule has 6 nitrogen and oxygen atoms in total. The van der Waals surface area contributed by atoms with E-state index in [9.17, 15) is 9.59 Å². The van der Waals surface area contributed by atoms with Crippen molar-refractivity contribution in [3.63, 3.8) is 0 Å². The number of rotatable bonds is 6. The van der Waals surface area contributed by atoms with Crippen molar-refractivity contribution in [1.29, 1.82) is 0 Å². The molecule has 0 aromatic heterocycles. The third-order valence-corrected chi connectivity index (χ3v) is 4.65. The summed E-state index contributed by atoms with van der Waals surface area (Å²) < 4.78 is 11.0. The van der Waals surface area contributed by atoms with Gasteiger partial charge in [0.15, 0.2) is 6.10 Å². The number of carbonyl (C=O) groups excluding carboxylic acids is 2. The normalized spacial score (nSPS) is 15.7. The first-order valence-corrected chi connectivity index (χ1v) is 8.94. The number of hydrogen-bond donors (Lipinski definition) is 0. The molecule has 0 fully saturated rings. The highest BCUT2D eigenvalue weighted by Crippen LogP contribution is 2.33. The first-order chi connectivity index (χ1) is 13.0. The molecule has 2 amide bonds. The van der Waals surface area contributed by atoms with Crippen LogP contribution in [0, 0.1) is 0 Å². The second-order valence-electron chi connectivity index (χ2n) is 6.53. The van der Waals surface area contributed by atoms with E-state index in [1.54, 1.807) is 30.9 Å². The van der Waals surface area contributed by atoms with Crippen molar-refractivity contribution in [2.24, 2.45) is 0 Å². The summed E-state index contributed by atoms with van der Waals surface area (Å²) >= 11 is 0. The van der Waals surface area contributed by atoms with E-state index >= 15 is 0 Å². The molecule has 0 spiro atoms. The summed E-state index contributed by atoms with van der Waals surface area (Å²) in [6, 6.07) is 15.0. The lowest BCUT2D eigenvalue weighted by Gasteiger charge is -2.33. The molecule has 142 valence electrons. The SMILES string of the molecule is COc1ccccc1CN(C)C(=O)CCN1C(=O)C(C)Oc2ccccc21. The molecule has 1 aliphatic heterocycles. The van der Waals surface area contributed by atoms with Gasteiger partial charge in [0.2, 0.25) is 5.91 Å². The van der Waals surface area contributed by atoms with Gasteiger partial charge in [0, 0.05) is 32.1 Å². The minimum atomic E-state index is -0.554. The van der Waals surface area contributed by atoms with Gasteiger partial charge in [-0.05, 0) is 25.1 Å². The molecule has 1 aliphatic rings. The van der Waals surface area contributed by atoms with Crippen LogP contribution in [0.5, 0.6) is 11.5 Å². The average Bonchev–Trinajstić information content (AvgIpc) is 2.68. The number of methoxy groups -OCH3 is 1. The fourth-order valence-corrected chi connectivity index (χ4v) is 3.17. The third kappa shape index (κ3) is 4.05. The summed E-state index contributed by atoms with van der Waals surface area (Å²) in [5.41, 5.74) is 1.65. The lowest BCUT2D eigenvalue weighted by molar-refractivity contribution is -0.130. The van der Waals surface area contributed by atoms with E-state index in [0.29, 0.717) is 24.5 Å². The number of ether oxygens (including phenoxy) is 2. The van der Waals surface area contributed by atoms with Crippen molar-refractivity contribution in [2.45, 2.75) is 26.0 Å². The molecule has 2 aromatic carbocycles. The molecular formula is C21H24N2O4. The molecular weight excluding hydrogens is 344 g/mol. The van der Waals surface area contributed by atoms with Crippen molar-refractivity contribution in [2.75, 3.05) is 25.6 Å². The van der Waals surface area contributed by atoms with Gasteiger partial charge in [-0.25, -0.2) is 0 Å². The lowest BCUT2D eigenvalue weighted by Crippen LogP contribution is -2.45. The van der Waals surface area contributed by atoms with Crippen LogP contribution < -0.4 is 14.4 Å². The van der Waals surface area contributed by atoms with Gasteiger partial charge in [-0.15, -0.1) is 0 Å². The van der Waals surface area contributed by atoms with Crippen LogP contribution in [0.1, 0.15) is 18.9 Å². The Morgan fingerprint density at radius 2 is 1.89 bits per heavy atom. The summed E-state index contributed by atoms with van der Waals surface area (Å²) in [7, 11) is 3.37. The molecule has 0 saturated carbocycles. The lowest BCUT2D eigenvalue weighted by atomic mass is 10.1. The van der Waals surface area contributed by atoms with Crippen molar-refractivity contribution in [1.82, 2.24) is 4.90 Å². The molecule has 27 heavy (non-hydrogen) atoms. The van der Waals surface area contributed by atoms with Gasteiger partial charge in [0.1, 0.15) is 11.5 Å². The zero-order valence-electron chi connectivity index (χ0n) is 15.8. The molecule has 1 atom stereocenters. The maximum Gasteiger partial charge on any atom is 0.267 e. The minimum absolute atomic E-state index is 0.0367. The van der Waals surface area contributed by atoms with Gasteiger partial charge in [-0.2, -0.15) is 0 Å². The predicted molar refractivity (Wildman–Crippen MR) is 103 cm³/mol. The second-order valence-corrected chi connectivity index (χ2v) is 6.53. The maximum atomic E-state index is 12.6. The summed E-state index contributed by atoms with van der Waals surface area (Å²) in [5, 5.41) is 0. The molecule has 3 rings (SSSR count). The van der Waals surface area contributed by atoms with Gasteiger partial charge in [-0.3, -0.25) is 9.59 Å². The number of para-hydroxylation sites is 3. The molecule has 0 N–H and O–H groups in total. The first-order valence-electron chi connectivity index (χ1n) is 8.94. The minimum Gasteiger partial charge on any atom is -0.496 e. The van der Waals surface area contributed by atoms with E-state index < -0.39 is 6.10 Å². The largest absolute Gasteiger partial charge is 0.496 e. The van der Waals surface area contributed by atoms with E-state index in [1.165, 1.54) is 0 Å². The standard InChI is InChI=1S/C21H24N2O4/c1-15-21(25)23(17-9-5-7-11-19(17)27-15)13-12-20(24)22(2)14-16-8-4-6-10-18(16)26-3/h4-11,15H,12-14H2,1-3H3.